The first-order chi connectivity index (χ1) is 11.9. The highest BCUT2D eigenvalue weighted by molar-refractivity contribution is 5.89. The fourth-order valence-corrected chi connectivity index (χ4v) is 2.28. The van der Waals surface area contributed by atoms with E-state index in [0.717, 1.165) is 12.1 Å². The number of hydrogen-bond donors (Lipinski definition) is 2. The summed E-state index contributed by atoms with van der Waals surface area (Å²) in [6.45, 7) is -1.65. The molecule has 0 saturated heterocycles. The highest BCUT2D eigenvalue weighted by Crippen LogP contribution is 2.17. The van der Waals surface area contributed by atoms with Crippen LogP contribution in [-0.4, -0.2) is 31.6 Å². The van der Waals surface area contributed by atoms with E-state index >= 15 is 0 Å². The predicted molar refractivity (Wildman–Crippen MR) is 92.8 cm³/mol. The minimum atomic E-state index is -2.87. The maximum atomic E-state index is 12.1. The molecular formula is C18H21F2N3O2. The minimum absolute atomic E-state index is 0.0404. The summed E-state index contributed by atoms with van der Waals surface area (Å²) in [6, 6.07) is 13.3. The van der Waals surface area contributed by atoms with Gasteiger partial charge in [-0.1, -0.05) is 24.3 Å². The molecule has 2 N–H and O–H groups in total. The number of ether oxygens (including phenoxy) is 1. The molecule has 2 rings (SSSR count). The zero-order chi connectivity index (χ0) is 18.2. The summed E-state index contributed by atoms with van der Waals surface area (Å²) in [4.78, 5) is 14.0. The number of alkyl halides is 2. The van der Waals surface area contributed by atoms with Crippen LogP contribution in [0.4, 0.5) is 19.3 Å². The topological polar surface area (TPSA) is 53.6 Å². The van der Waals surface area contributed by atoms with E-state index in [-0.39, 0.29) is 11.8 Å². The molecule has 0 aromatic heterocycles. The van der Waals surface area contributed by atoms with Gasteiger partial charge in [-0.05, 0) is 49.5 Å². The molecule has 0 aliphatic rings. The Labute approximate surface area is 145 Å². The van der Waals surface area contributed by atoms with Crippen LogP contribution < -0.4 is 15.4 Å². The van der Waals surface area contributed by atoms with Crippen molar-refractivity contribution in [2.75, 3.05) is 19.4 Å². The molecule has 0 saturated carbocycles. The second-order valence-corrected chi connectivity index (χ2v) is 5.77. The number of anilines is 1. The van der Waals surface area contributed by atoms with Crippen molar-refractivity contribution < 1.29 is 18.3 Å². The lowest BCUT2D eigenvalue weighted by atomic mass is 10.1. The monoisotopic (exact) mass is 349 g/mol. The Kier molecular flexibility index (Phi) is 6.71. The first-order valence-electron chi connectivity index (χ1n) is 7.74. The van der Waals surface area contributed by atoms with E-state index in [1.54, 1.807) is 0 Å². The van der Waals surface area contributed by atoms with Crippen LogP contribution in [0.2, 0.25) is 0 Å². The number of rotatable bonds is 7. The third-order valence-electron chi connectivity index (χ3n) is 3.28. The number of urea groups is 1. The van der Waals surface area contributed by atoms with Crippen molar-refractivity contribution in [3.63, 3.8) is 0 Å². The summed E-state index contributed by atoms with van der Waals surface area (Å²) in [5, 5.41) is 5.40. The van der Waals surface area contributed by atoms with E-state index in [4.69, 9.17) is 0 Å². The van der Waals surface area contributed by atoms with Crippen LogP contribution in [0, 0.1) is 0 Å². The van der Waals surface area contributed by atoms with Crippen molar-refractivity contribution >= 4 is 11.7 Å². The number of hydrogen-bond acceptors (Lipinski definition) is 3. The Bertz CT molecular complexity index is 691. The molecule has 2 aromatic carbocycles. The summed E-state index contributed by atoms with van der Waals surface area (Å²) in [6.07, 6.45) is 0. The quantitative estimate of drug-likeness (QED) is 0.802. The number of carbonyl (C=O) groups excluding carboxylic acids is 1. The van der Waals surface area contributed by atoms with Crippen molar-refractivity contribution in [2.45, 2.75) is 19.7 Å². The van der Waals surface area contributed by atoms with E-state index in [0.29, 0.717) is 12.2 Å². The van der Waals surface area contributed by atoms with Gasteiger partial charge in [0.25, 0.3) is 0 Å². The molecule has 0 bridgehead atoms. The molecule has 0 radical (unpaired) electrons. The maximum Gasteiger partial charge on any atom is 0.387 e. The molecule has 2 amide bonds. The van der Waals surface area contributed by atoms with Crippen molar-refractivity contribution in [2.24, 2.45) is 0 Å². The van der Waals surface area contributed by atoms with Gasteiger partial charge < -0.3 is 20.3 Å². The summed E-state index contributed by atoms with van der Waals surface area (Å²) < 4.78 is 28.4. The number of nitrogens with one attached hydrogen (secondary N) is 2. The van der Waals surface area contributed by atoms with Gasteiger partial charge in [-0.3, -0.25) is 0 Å². The van der Waals surface area contributed by atoms with Gasteiger partial charge in [0.05, 0.1) is 0 Å². The van der Waals surface area contributed by atoms with Crippen molar-refractivity contribution in [3.05, 3.63) is 59.7 Å². The van der Waals surface area contributed by atoms with Gasteiger partial charge in [-0.25, -0.2) is 4.79 Å². The molecule has 0 heterocycles. The number of nitrogens with zero attached hydrogens (tertiary/aromatic N) is 1. The predicted octanol–water partition coefficient (Wildman–Crippen LogP) is 3.67. The second kappa shape index (κ2) is 8.98. The second-order valence-electron chi connectivity index (χ2n) is 5.77. The minimum Gasteiger partial charge on any atom is -0.435 e. The van der Waals surface area contributed by atoms with Crippen LogP contribution >= 0.6 is 0 Å². The van der Waals surface area contributed by atoms with Gasteiger partial charge in [0.15, 0.2) is 0 Å². The van der Waals surface area contributed by atoms with Gasteiger partial charge in [0.2, 0.25) is 0 Å². The van der Waals surface area contributed by atoms with Crippen LogP contribution in [0.25, 0.3) is 0 Å². The highest BCUT2D eigenvalue weighted by Gasteiger charge is 2.06. The average Bonchev–Trinajstić information content (AvgIpc) is 2.54. The van der Waals surface area contributed by atoms with E-state index in [9.17, 15) is 13.6 Å². The third kappa shape index (κ3) is 6.76. The molecule has 0 fully saturated rings. The van der Waals surface area contributed by atoms with Crippen LogP contribution in [0.3, 0.4) is 0 Å². The molecule has 7 heteroatoms. The molecule has 0 spiro atoms. The van der Waals surface area contributed by atoms with Crippen molar-refractivity contribution in [3.8, 4) is 5.75 Å². The average molecular weight is 349 g/mol. The Hall–Kier alpha value is -2.67. The lowest BCUT2D eigenvalue weighted by molar-refractivity contribution is -0.0498. The fraction of sp³-hybridized carbons (Fsp3) is 0.278. The van der Waals surface area contributed by atoms with E-state index in [1.807, 2.05) is 38.4 Å². The SMILES string of the molecule is CN(C)Cc1cccc(CNC(=O)Nc2ccc(OC(F)F)cc2)c1. The Morgan fingerprint density at radius 2 is 1.80 bits per heavy atom. The Morgan fingerprint density at radius 3 is 2.44 bits per heavy atom. The molecule has 5 nitrogen and oxygen atoms in total. The van der Waals surface area contributed by atoms with Crippen molar-refractivity contribution in [1.29, 1.82) is 0 Å². The summed E-state index contributed by atoms with van der Waals surface area (Å²) in [5.74, 6) is 0.0404. The molecular weight excluding hydrogens is 328 g/mol. The molecule has 0 aliphatic carbocycles. The van der Waals surface area contributed by atoms with Gasteiger partial charge >= 0.3 is 12.6 Å². The highest BCUT2D eigenvalue weighted by atomic mass is 19.3. The van der Waals surface area contributed by atoms with Crippen LogP contribution in [0.15, 0.2) is 48.5 Å². The third-order valence-corrected chi connectivity index (χ3v) is 3.28. The molecule has 134 valence electrons. The molecule has 0 atom stereocenters. The number of halogens is 2. The van der Waals surface area contributed by atoms with Gasteiger partial charge in [-0.2, -0.15) is 8.78 Å². The van der Waals surface area contributed by atoms with Gasteiger partial charge in [0.1, 0.15) is 5.75 Å². The van der Waals surface area contributed by atoms with Crippen LogP contribution in [0.5, 0.6) is 5.75 Å². The van der Waals surface area contributed by atoms with Gasteiger partial charge in [0, 0.05) is 18.8 Å². The lowest BCUT2D eigenvalue weighted by Crippen LogP contribution is -2.28. The fourth-order valence-electron chi connectivity index (χ4n) is 2.28. The van der Waals surface area contributed by atoms with E-state index in [2.05, 4.69) is 20.3 Å². The zero-order valence-corrected chi connectivity index (χ0v) is 14.1. The Morgan fingerprint density at radius 1 is 1.12 bits per heavy atom. The molecule has 25 heavy (non-hydrogen) atoms. The number of benzene rings is 2. The number of carbonyl (C=O) groups is 1. The normalized spacial score (nSPS) is 10.8. The first-order valence-corrected chi connectivity index (χ1v) is 7.74. The van der Waals surface area contributed by atoms with Crippen molar-refractivity contribution in [1.82, 2.24) is 10.2 Å². The Balaban J connectivity index is 1.84. The molecule has 2 aromatic rings. The molecule has 0 aliphatic heterocycles. The van der Waals surface area contributed by atoms with E-state index in [1.165, 1.54) is 29.8 Å². The number of amides is 2. The standard InChI is InChI=1S/C18H21F2N3O2/c1-23(2)12-14-5-3-4-13(10-14)11-21-18(24)22-15-6-8-16(9-7-15)25-17(19)20/h3-10,17H,11-12H2,1-2H3,(H2,21,22,24). The first kappa shape index (κ1) is 18.7. The smallest absolute Gasteiger partial charge is 0.387 e. The summed E-state index contributed by atoms with van der Waals surface area (Å²) >= 11 is 0. The van der Waals surface area contributed by atoms with Crippen LogP contribution in [0.1, 0.15) is 11.1 Å². The largest absolute Gasteiger partial charge is 0.435 e. The molecule has 0 unspecified atom stereocenters. The lowest BCUT2D eigenvalue weighted by Gasteiger charge is -2.12. The zero-order valence-electron chi connectivity index (χ0n) is 14.1. The summed E-state index contributed by atoms with van der Waals surface area (Å²) in [7, 11) is 3.99. The van der Waals surface area contributed by atoms with Crippen LogP contribution in [-0.2, 0) is 13.1 Å². The van der Waals surface area contributed by atoms with Gasteiger partial charge in [-0.15, -0.1) is 0 Å². The summed E-state index contributed by atoms with van der Waals surface area (Å²) in [5.41, 5.74) is 2.65. The maximum absolute atomic E-state index is 12.1. The van der Waals surface area contributed by atoms with E-state index < -0.39 is 6.61 Å².